The summed E-state index contributed by atoms with van der Waals surface area (Å²) < 4.78 is 28.5. The van der Waals surface area contributed by atoms with Crippen molar-refractivity contribution < 1.29 is 58.2 Å². The third kappa shape index (κ3) is 44.7. The zero-order valence-electron chi connectivity index (χ0n) is 50.4. The smallest absolute Gasteiger partial charge is 0.335 e. The number of aliphatic carboxylic acids is 1. The van der Waals surface area contributed by atoms with Gasteiger partial charge in [-0.25, -0.2) is 4.79 Å². The molecule has 0 aromatic heterocycles. The molecule has 0 aliphatic carbocycles. The van der Waals surface area contributed by atoms with Crippen LogP contribution in [0.1, 0.15) is 290 Å². The highest BCUT2D eigenvalue weighted by Crippen LogP contribution is 2.27. The molecule has 0 spiro atoms. The summed E-state index contributed by atoms with van der Waals surface area (Å²) in [7, 11) is 0. The minimum atomic E-state index is -1.91. The van der Waals surface area contributed by atoms with E-state index in [1.807, 2.05) is 0 Å². The number of ether oxygens (including phenoxy) is 5. The average molecular weight is 1110 g/mol. The second-order valence-electron chi connectivity index (χ2n) is 22.0. The minimum absolute atomic E-state index is 0.0479. The van der Waals surface area contributed by atoms with Gasteiger partial charge >= 0.3 is 23.9 Å². The molecule has 79 heavy (non-hydrogen) atoms. The van der Waals surface area contributed by atoms with E-state index in [2.05, 4.69) is 81.5 Å². The minimum Gasteiger partial charge on any atom is -0.479 e. The first kappa shape index (κ1) is 73.4. The van der Waals surface area contributed by atoms with Crippen molar-refractivity contribution in [1.29, 1.82) is 0 Å². The van der Waals surface area contributed by atoms with Crippen LogP contribution in [0.15, 0.2) is 60.8 Å². The first-order valence-electron chi connectivity index (χ1n) is 32.3. The lowest BCUT2D eigenvalue weighted by Gasteiger charge is -2.40. The monoisotopic (exact) mass is 1110 g/mol. The van der Waals surface area contributed by atoms with E-state index in [4.69, 9.17) is 23.7 Å². The zero-order chi connectivity index (χ0) is 57.5. The Morgan fingerprint density at radius 3 is 1.24 bits per heavy atom. The second kappa shape index (κ2) is 55.0. The van der Waals surface area contributed by atoms with Crippen molar-refractivity contribution in [3.8, 4) is 0 Å². The van der Waals surface area contributed by atoms with E-state index in [0.29, 0.717) is 19.3 Å². The molecule has 0 bridgehead atoms. The summed E-state index contributed by atoms with van der Waals surface area (Å²) in [4.78, 5) is 51.3. The normalized spacial score (nSPS) is 18.2. The Bertz CT molecular complexity index is 1600. The van der Waals surface area contributed by atoms with Gasteiger partial charge in [0.1, 0.15) is 18.8 Å². The quantitative estimate of drug-likeness (QED) is 0.0228. The lowest BCUT2D eigenvalue weighted by atomic mass is 9.98. The number of carboxylic acid groups (broad SMARTS) is 1. The number of carbonyl (C=O) groups excluding carboxylic acids is 3. The SMILES string of the molecule is CC/C=C\C/C=C\C/C=C\CCCCCCCCCC(=O)OC1C(OCC(COC(=O)CCCCCCCCCCCCCCCCCCC)OC(=O)CCCCCCC/C=C\C/C=C\CCCCC)OC(C(=O)O)C(O)C1O. The highest BCUT2D eigenvalue weighted by Gasteiger charge is 2.50. The third-order valence-electron chi connectivity index (χ3n) is 14.6. The van der Waals surface area contributed by atoms with E-state index in [-0.39, 0.29) is 25.9 Å². The van der Waals surface area contributed by atoms with Gasteiger partial charge in [-0.05, 0) is 83.5 Å². The number of aliphatic hydroxyl groups excluding tert-OH is 2. The summed E-state index contributed by atoms with van der Waals surface area (Å²) in [6, 6.07) is 0. The van der Waals surface area contributed by atoms with Crippen molar-refractivity contribution in [2.24, 2.45) is 0 Å². The largest absolute Gasteiger partial charge is 0.479 e. The number of hydrogen-bond donors (Lipinski definition) is 3. The van der Waals surface area contributed by atoms with Gasteiger partial charge in [0.15, 0.2) is 24.6 Å². The number of rotatable bonds is 55. The Morgan fingerprint density at radius 1 is 0.430 bits per heavy atom. The Hall–Kier alpha value is -3.58. The van der Waals surface area contributed by atoms with E-state index in [9.17, 15) is 34.5 Å². The topological polar surface area (TPSA) is 175 Å². The van der Waals surface area contributed by atoms with Crippen LogP contribution in [0.5, 0.6) is 0 Å². The van der Waals surface area contributed by atoms with Crippen LogP contribution >= 0.6 is 0 Å². The summed E-state index contributed by atoms with van der Waals surface area (Å²) >= 11 is 0. The van der Waals surface area contributed by atoms with Gasteiger partial charge in [-0.3, -0.25) is 14.4 Å². The molecule has 1 heterocycles. The van der Waals surface area contributed by atoms with Crippen molar-refractivity contribution >= 4 is 23.9 Å². The fourth-order valence-electron chi connectivity index (χ4n) is 9.65. The molecule has 0 aromatic carbocycles. The van der Waals surface area contributed by atoms with Crippen LogP contribution in [-0.4, -0.2) is 89.2 Å². The molecule has 1 rings (SSSR count). The van der Waals surface area contributed by atoms with E-state index in [1.54, 1.807) is 0 Å². The van der Waals surface area contributed by atoms with Gasteiger partial charge in [-0.1, -0.05) is 248 Å². The van der Waals surface area contributed by atoms with Crippen molar-refractivity contribution in [3.05, 3.63) is 60.8 Å². The van der Waals surface area contributed by atoms with Crippen LogP contribution < -0.4 is 0 Å². The predicted molar refractivity (Wildman–Crippen MR) is 322 cm³/mol. The molecular formula is C67H116O12. The fourth-order valence-corrected chi connectivity index (χ4v) is 9.65. The molecule has 1 fully saturated rings. The molecule has 1 aliphatic heterocycles. The van der Waals surface area contributed by atoms with Gasteiger partial charge in [-0.2, -0.15) is 0 Å². The number of esters is 3. The molecule has 6 atom stereocenters. The third-order valence-corrected chi connectivity index (χ3v) is 14.6. The molecule has 0 radical (unpaired) electrons. The second-order valence-corrected chi connectivity index (χ2v) is 22.0. The molecule has 12 heteroatoms. The predicted octanol–water partition coefficient (Wildman–Crippen LogP) is 17.1. The van der Waals surface area contributed by atoms with Crippen molar-refractivity contribution in [1.82, 2.24) is 0 Å². The Balaban J connectivity index is 2.66. The number of carboxylic acids is 1. The maximum absolute atomic E-state index is 13.2. The zero-order valence-corrected chi connectivity index (χ0v) is 50.4. The van der Waals surface area contributed by atoms with Crippen LogP contribution in [0.2, 0.25) is 0 Å². The number of allylic oxidation sites excluding steroid dienone is 10. The summed E-state index contributed by atoms with van der Waals surface area (Å²) in [5.41, 5.74) is 0. The molecule has 3 N–H and O–H groups in total. The average Bonchev–Trinajstić information content (AvgIpc) is 3.43. The van der Waals surface area contributed by atoms with Crippen LogP contribution in [0, 0.1) is 0 Å². The van der Waals surface area contributed by atoms with Crippen molar-refractivity contribution in [2.45, 2.75) is 327 Å². The van der Waals surface area contributed by atoms with Crippen LogP contribution in [-0.2, 0) is 42.9 Å². The van der Waals surface area contributed by atoms with Gasteiger partial charge in [0.2, 0.25) is 0 Å². The van der Waals surface area contributed by atoms with Crippen molar-refractivity contribution in [3.63, 3.8) is 0 Å². The van der Waals surface area contributed by atoms with Crippen LogP contribution in [0.25, 0.3) is 0 Å². The molecule has 0 amide bonds. The number of unbranched alkanes of at least 4 members (excludes halogenated alkanes) is 31. The lowest BCUT2D eigenvalue weighted by Crippen LogP contribution is -2.61. The molecule has 456 valence electrons. The first-order valence-corrected chi connectivity index (χ1v) is 32.3. The van der Waals surface area contributed by atoms with Crippen LogP contribution in [0.3, 0.4) is 0 Å². The molecule has 1 saturated heterocycles. The molecular weight excluding hydrogens is 997 g/mol. The highest BCUT2D eigenvalue weighted by atomic mass is 16.7. The fraction of sp³-hybridized carbons (Fsp3) is 0.791. The number of aliphatic hydroxyl groups is 2. The maximum Gasteiger partial charge on any atom is 0.335 e. The van der Waals surface area contributed by atoms with Crippen molar-refractivity contribution in [2.75, 3.05) is 13.2 Å². The summed E-state index contributed by atoms with van der Waals surface area (Å²) in [6.45, 7) is 5.88. The Morgan fingerprint density at radius 2 is 0.797 bits per heavy atom. The van der Waals surface area contributed by atoms with Gasteiger partial charge in [-0.15, -0.1) is 0 Å². The number of carbonyl (C=O) groups is 4. The highest BCUT2D eigenvalue weighted by molar-refractivity contribution is 5.74. The molecule has 1 aliphatic rings. The van der Waals surface area contributed by atoms with E-state index in [1.165, 1.54) is 103 Å². The molecule has 0 aromatic rings. The van der Waals surface area contributed by atoms with E-state index in [0.717, 1.165) is 128 Å². The van der Waals surface area contributed by atoms with Gasteiger partial charge < -0.3 is 39.0 Å². The molecule has 12 nitrogen and oxygen atoms in total. The maximum atomic E-state index is 13.2. The molecule has 6 unspecified atom stereocenters. The molecule has 0 saturated carbocycles. The Labute approximate surface area is 481 Å². The lowest BCUT2D eigenvalue weighted by molar-refractivity contribution is -0.301. The van der Waals surface area contributed by atoms with E-state index < -0.39 is 67.3 Å². The summed E-state index contributed by atoms with van der Waals surface area (Å²) in [5.74, 6) is -3.13. The summed E-state index contributed by atoms with van der Waals surface area (Å²) in [5, 5.41) is 31.6. The standard InChI is InChI=1S/C67H116O12/c1-4-7-10-13-16-19-22-25-28-30-33-35-38-41-44-47-50-53-59(68)75-56-58(77-60(69)54-51-48-45-42-39-36-32-27-24-21-18-15-12-9-6-3)57-76-67-65(63(72)62(71)64(79-67)66(73)74)78-61(70)55-52-49-46-43-40-37-34-31-29-26-23-20-17-14-11-8-5-2/h8,11,17-18,20-21,26-27,29,32,58,62-65,67,71-72H,4-7,9-10,12-16,19,22-25,28,30-31,33-57H2,1-3H3,(H,73,74)/b11-8-,20-17-,21-18-,29-26-,32-27-. The number of hydrogen-bond acceptors (Lipinski definition) is 11. The first-order chi connectivity index (χ1) is 38.6. The van der Waals surface area contributed by atoms with Crippen LogP contribution in [0.4, 0.5) is 0 Å². The summed E-state index contributed by atoms with van der Waals surface area (Å²) in [6.07, 6.45) is 56.0. The van der Waals surface area contributed by atoms with Gasteiger partial charge in [0.05, 0.1) is 6.61 Å². The van der Waals surface area contributed by atoms with Gasteiger partial charge in [0.25, 0.3) is 0 Å². The Kier molecular flexibility index (Phi) is 51.1. The van der Waals surface area contributed by atoms with E-state index >= 15 is 0 Å². The van der Waals surface area contributed by atoms with Gasteiger partial charge in [0, 0.05) is 19.3 Å².